The number of carbonyl (C=O) groups excluding carboxylic acids is 1. The molecule has 0 radical (unpaired) electrons. The van der Waals surface area contributed by atoms with E-state index in [1.807, 2.05) is 0 Å². The van der Waals surface area contributed by atoms with E-state index in [1.54, 1.807) is 11.8 Å². The van der Waals surface area contributed by atoms with E-state index < -0.39 is 0 Å². The lowest BCUT2D eigenvalue weighted by molar-refractivity contribution is -0.114. The number of anilines is 1. The number of nitrogens with one attached hydrogen (secondary N) is 1. The van der Waals surface area contributed by atoms with Gasteiger partial charge in [-0.2, -0.15) is 0 Å². The zero-order chi connectivity index (χ0) is 12.1. The molecule has 1 aliphatic rings. The van der Waals surface area contributed by atoms with Gasteiger partial charge in [0.1, 0.15) is 0 Å². The molecule has 1 aromatic rings. The minimum Gasteiger partial charge on any atom is -0.301 e. The molecular weight excluding hydrogens is 256 g/mol. The molecule has 0 unspecified atom stereocenters. The molecule has 5 nitrogen and oxygen atoms in total. The van der Waals surface area contributed by atoms with Gasteiger partial charge in [-0.25, -0.2) is 0 Å². The molecule has 7 heteroatoms. The molecule has 94 valence electrons. The second-order valence-corrected chi connectivity index (χ2v) is 6.18. The van der Waals surface area contributed by atoms with E-state index in [4.69, 9.17) is 0 Å². The van der Waals surface area contributed by atoms with Crippen LogP contribution in [0.25, 0.3) is 0 Å². The topological polar surface area (TPSA) is 58.1 Å². The average molecular weight is 272 g/mol. The second kappa shape index (κ2) is 6.32. The molecule has 1 N–H and O–H groups in total. The van der Waals surface area contributed by atoms with E-state index in [1.165, 1.54) is 50.6 Å². The number of aromatic nitrogens is 2. The van der Waals surface area contributed by atoms with Crippen LogP contribution in [0.15, 0.2) is 4.34 Å². The maximum absolute atomic E-state index is 10.8. The molecule has 1 aromatic heterocycles. The molecule has 0 saturated carbocycles. The maximum Gasteiger partial charge on any atom is 0.223 e. The first kappa shape index (κ1) is 12.8. The quantitative estimate of drug-likeness (QED) is 0.671. The number of carbonyl (C=O) groups is 1. The van der Waals surface area contributed by atoms with Crippen LogP contribution >= 0.6 is 23.1 Å². The predicted molar refractivity (Wildman–Crippen MR) is 70.4 cm³/mol. The van der Waals surface area contributed by atoms with E-state index >= 15 is 0 Å². The molecule has 1 saturated heterocycles. The summed E-state index contributed by atoms with van der Waals surface area (Å²) in [6.45, 7) is 3.84. The molecule has 2 heterocycles. The third-order valence-electron chi connectivity index (χ3n) is 2.51. The molecule has 1 amide bonds. The molecular formula is C10H16N4OS2. The molecule has 0 atom stereocenters. The minimum absolute atomic E-state index is 0.103. The lowest BCUT2D eigenvalue weighted by Gasteiger charge is -2.25. The van der Waals surface area contributed by atoms with E-state index in [-0.39, 0.29) is 5.91 Å². The van der Waals surface area contributed by atoms with Crippen LogP contribution < -0.4 is 5.32 Å². The Morgan fingerprint density at radius 1 is 1.41 bits per heavy atom. The Kier molecular flexibility index (Phi) is 4.75. The number of hydrogen-bond donors (Lipinski definition) is 1. The molecule has 1 fully saturated rings. The molecule has 0 aliphatic carbocycles. The van der Waals surface area contributed by atoms with Crippen LogP contribution in [0, 0.1) is 0 Å². The molecule has 17 heavy (non-hydrogen) atoms. The largest absolute Gasteiger partial charge is 0.301 e. The number of nitrogens with zero attached hydrogens (tertiary/aromatic N) is 3. The Labute approximate surface area is 109 Å². The fourth-order valence-electron chi connectivity index (χ4n) is 1.70. The van der Waals surface area contributed by atoms with Crippen molar-refractivity contribution in [3.63, 3.8) is 0 Å². The Bertz CT molecular complexity index is 376. The van der Waals surface area contributed by atoms with Crippen molar-refractivity contribution in [3.8, 4) is 0 Å². The van der Waals surface area contributed by atoms with Crippen LogP contribution in [-0.4, -0.2) is 40.0 Å². The highest BCUT2D eigenvalue weighted by atomic mass is 32.2. The SMILES string of the molecule is CC(=O)Nc1nnc(SCN2CCCCC2)s1. The Morgan fingerprint density at radius 3 is 2.88 bits per heavy atom. The van der Waals surface area contributed by atoms with Crippen LogP contribution in [0.3, 0.4) is 0 Å². The molecule has 0 spiro atoms. The van der Waals surface area contributed by atoms with Crippen molar-refractivity contribution in [2.24, 2.45) is 0 Å². The van der Waals surface area contributed by atoms with Crippen LogP contribution in [-0.2, 0) is 4.79 Å². The van der Waals surface area contributed by atoms with Gasteiger partial charge in [0.2, 0.25) is 11.0 Å². The van der Waals surface area contributed by atoms with E-state index in [9.17, 15) is 4.79 Å². The fourth-order valence-corrected chi connectivity index (χ4v) is 3.51. The normalized spacial score (nSPS) is 17.0. The monoisotopic (exact) mass is 272 g/mol. The average Bonchev–Trinajstić information content (AvgIpc) is 2.75. The number of thioether (sulfide) groups is 1. The van der Waals surface area contributed by atoms with Crippen molar-refractivity contribution in [3.05, 3.63) is 0 Å². The summed E-state index contributed by atoms with van der Waals surface area (Å²) in [5.74, 6) is 0.864. The van der Waals surface area contributed by atoms with Gasteiger partial charge < -0.3 is 5.32 Å². The second-order valence-electron chi connectivity index (χ2n) is 4.01. The summed E-state index contributed by atoms with van der Waals surface area (Å²) in [5.41, 5.74) is 0. The van der Waals surface area contributed by atoms with Crippen molar-refractivity contribution >= 4 is 34.1 Å². The third kappa shape index (κ3) is 4.25. The van der Waals surface area contributed by atoms with Gasteiger partial charge in [0.25, 0.3) is 0 Å². The number of likely N-dealkylation sites (tertiary alicyclic amines) is 1. The Morgan fingerprint density at radius 2 is 2.18 bits per heavy atom. The van der Waals surface area contributed by atoms with Gasteiger partial charge in [-0.1, -0.05) is 29.5 Å². The van der Waals surface area contributed by atoms with Gasteiger partial charge in [0, 0.05) is 6.92 Å². The first-order valence-electron chi connectivity index (χ1n) is 5.70. The summed E-state index contributed by atoms with van der Waals surface area (Å²) in [4.78, 5) is 13.3. The van der Waals surface area contributed by atoms with Crippen molar-refractivity contribution in [1.82, 2.24) is 15.1 Å². The fraction of sp³-hybridized carbons (Fsp3) is 0.700. The van der Waals surface area contributed by atoms with E-state index in [2.05, 4.69) is 20.4 Å². The number of rotatable bonds is 4. The van der Waals surface area contributed by atoms with Crippen LogP contribution in [0.4, 0.5) is 5.13 Å². The maximum atomic E-state index is 10.8. The van der Waals surface area contributed by atoms with Gasteiger partial charge in [0.15, 0.2) is 4.34 Å². The van der Waals surface area contributed by atoms with Crippen molar-refractivity contribution < 1.29 is 4.79 Å². The molecule has 1 aliphatic heterocycles. The smallest absolute Gasteiger partial charge is 0.223 e. The summed E-state index contributed by atoms with van der Waals surface area (Å²) in [7, 11) is 0. The molecule has 0 bridgehead atoms. The van der Waals surface area contributed by atoms with Gasteiger partial charge >= 0.3 is 0 Å². The van der Waals surface area contributed by atoms with Crippen LogP contribution in [0.5, 0.6) is 0 Å². The lowest BCUT2D eigenvalue weighted by Crippen LogP contribution is -2.29. The Hall–Kier alpha value is -0.660. The zero-order valence-corrected chi connectivity index (χ0v) is 11.4. The standard InChI is InChI=1S/C10H16N4OS2/c1-8(15)11-9-12-13-10(17-9)16-7-14-5-3-2-4-6-14/h2-7H2,1H3,(H,11,12,15). The molecule has 2 rings (SSSR count). The van der Waals surface area contributed by atoms with Crippen LogP contribution in [0.2, 0.25) is 0 Å². The van der Waals surface area contributed by atoms with Crippen LogP contribution in [0.1, 0.15) is 26.2 Å². The van der Waals surface area contributed by atoms with Gasteiger partial charge in [-0.05, 0) is 25.9 Å². The molecule has 0 aromatic carbocycles. The van der Waals surface area contributed by atoms with Gasteiger partial charge in [-0.3, -0.25) is 9.69 Å². The number of amides is 1. The lowest BCUT2D eigenvalue weighted by atomic mass is 10.1. The van der Waals surface area contributed by atoms with Gasteiger partial charge in [0.05, 0.1) is 5.88 Å². The number of piperidine rings is 1. The summed E-state index contributed by atoms with van der Waals surface area (Å²) < 4.78 is 0.916. The Balaban J connectivity index is 1.78. The third-order valence-corrected chi connectivity index (χ3v) is 4.57. The summed E-state index contributed by atoms with van der Waals surface area (Å²) >= 11 is 3.13. The summed E-state index contributed by atoms with van der Waals surface area (Å²) in [5, 5.41) is 11.2. The summed E-state index contributed by atoms with van der Waals surface area (Å²) in [6, 6.07) is 0. The van der Waals surface area contributed by atoms with E-state index in [0.717, 1.165) is 10.2 Å². The van der Waals surface area contributed by atoms with E-state index in [0.29, 0.717) is 5.13 Å². The van der Waals surface area contributed by atoms with Gasteiger partial charge in [-0.15, -0.1) is 10.2 Å². The summed E-state index contributed by atoms with van der Waals surface area (Å²) in [6.07, 6.45) is 3.95. The predicted octanol–water partition coefficient (Wildman–Crippen LogP) is 2.03. The number of hydrogen-bond acceptors (Lipinski definition) is 6. The van der Waals surface area contributed by atoms with Crippen molar-refractivity contribution in [2.75, 3.05) is 24.3 Å². The van der Waals surface area contributed by atoms with Crippen molar-refractivity contribution in [2.45, 2.75) is 30.5 Å². The zero-order valence-electron chi connectivity index (χ0n) is 9.81. The highest BCUT2D eigenvalue weighted by Gasteiger charge is 2.12. The first-order valence-corrected chi connectivity index (χ1v) is 7.50. The first-order chi connectivity index (χ1) is 8.24. The van der Waals surface area contributed by atoms with Crippen molar-refractivity contribution in [1.29, 1.82) is 0 Å². The highest BCUT2D eigenvalue weighted by Crippen LogP contribution is 2.26. The minimum atomic E-state index is -0.103. The highest BCUT2D eigenvalue weighted by molar-refractivity contribution is 8.01.